The Bertz CT molecular complexity index is 965. The van der Waals surface area contributed by atoms with E-state index in [0.717, 1.165) is 29.0 Å². The second-order valence-corrected chi connectivity index (χ2v) is 9.88. The molecule has 2 aromatic rings. The van der Waals surface area contributed by atoms with Crippen LogP contribution in [-0.2, 0) is 16.6 Å². The van der Waals surface area contributed by atoms with Crippen LogP contribution in [0.2, 0.25) is 0 Å². The maximum atomic E-state index is 11.9. The number of sulfonamides is 1. The van der Waals surface area contributed by atoms with E-state index < -0.39 is 15.6 Å². The SMILES string of the molecule is Cc1nc2ccccc2nc1CN1CC[C@@]2(O)CCN(S(C)(=O)=O)C[C@H]2C1. The van der Waals surface area contributed by atoms with Gasteiger partial charge in [0.15, 0.2) is 0 Å². The van der Waals surface area contributed by atoms with Gasteiger partial charge < -0.3 is 5.11 Å². The maximum Gasteiger partial charge on any atom is 0.211 e. The van der Waals surface area contributed by atoms with Gasteiger partial charge in [0.1, 0.15) is 0 Å². The lowest BCUT2D eigenvalue weighted by Gasteiger charge is -2.49. The molecule has 1 aromatic carbocycles. The third-order valence-corrected chi connectivity index (χ3v) is 7.27. The van der Waals surface area contributed by atoms with E-state index in [9.17, 15) is 13.5 Å². The quantitative estimate of drug-likeness (QED) is 0.846. The zero-order valence-electron chi connectivity index (χ0n) is 15.8. The molecule has 2 atom stereocenters. The van der Waals surface area contributed by atoms with Crippen LogP contribution < -0.4 is 0 Å². The number of hydrogen-bond donors (Lipinski definition) is 1. The highest BCUT2D eigenvalue weighted by Crippen LogP contribution is 2.36. The first-order valence-electron chi connectivity index (χ1n) is 9.37. The molecule has 0 unspecified atom stereocenters. The van der Waals surface area contributed by atoms with E-state index >= 15 is 0 Å². The molecule has 27 heavy (non-hydrogen) atoms. The van der Waals surface area contributed by atoms with Crippen LogP contribution in [0.5, 0.6) is 0 Å². The highest BCUT2D eigenvalue weighted by atomic mass is 32.2. The molecule has 2 saturated heterocycles. The van der Waals surface area contributed by atoms with Crippen molar-refractivity contribution in [2.75, 3.05) is 32.4 Å². The topological polar surface area (TPSA) is 86.6 Å². The van der Waals surface area contributed by atoms with Gasteiger partial charge >= 0.3 is 0 Å². The van der Waals surface area contributed by atoms with E-state index in [2.05, 4.69) is 9.88 Å². The van der Waals surface area contributed by atoms with Gasteiger partial charge in [-0.1, -0.05) is 12.1 Å². The number of benzene rings is 1. The molecule has 146 valence electrons. The van der Waals surface area contributed by atoms with E-state index in [1.807, 2.05) is 31.2 Å². The number of para-hydroxylation sites is 2. The summed E-state index contributed by atoms with van der Waals surface area (Å²) in [6.07, 6.45) is 2.41. The molecular formula is C19H26N4O3S. The number of piperidine rings is 2. The number of rotatable bonds is 3. The summed E-state index contributed by atoms with van der Waals surface area (Å²) in [5.74, 6) is -0.0801. The van der Waals surface area contributed by atoms with Crippen molar-refractivity contribution in [3.63, 3.8) is 0 Å². The Kier molecular flexibility index (Phi) is 4.70. The van der Waals surface area contributed by atoms with Gasteiger partial charge in [-0.2, -0.15) is 0 Å². The van der Waals surface area contributed by atoms with Crippen molar-refractivity contribution < 1.29 is 13.5 Å². The van der Waals surface area contributed by atoms with Crippen LogP contribution in [0.4, 0.5) is 0 Å². The summed E-state index contributed by atoms with van der Waals surface area (Å²) in [5, 5.41) is 11.0. The Morgan fingerprint density at radius 2 is 1.81 bits per heavy atom. The maximum absolute atomic E-state index is 11.9. The van der Waals surface area contributed by atoms with Gasteiger partial charge in [-0.25, -0.2) is 22.7 Å². The number of fused-ring (bicyclic) bond motifs is 2. The molecular weight excluding hydrogens is 364 g/mol. The number of aliphatic hydroxyl groups is 1. The first kappa shape index (κ1) is 18.7. The second-order valence-electron chi connectivity index (χ2n) is 7.90. The van der Waals surface area contributed by atoms with Crippen molar-refractivity contribution in [1.29, 1.82) is 0 Å². The first-order valence-corrected chi connectivity index (χ1v) is 11.2. The number of aryl methyl sites for hydroxylation is 1. The number of aromatic nitrogens is 2. The van der Waals surface area contributed by atoms with Crippen molar-refractivity contribution in [2.45, 2.75) is 31.9 Å². The molecule has 0 radical (unpaired) electrons. The van der Waals surface area contributed by atoms with Gasteiger partial charge in [0.25, 0.3) is 0 Å². The highest BCUT2D eigenvalue weighted by molar-refractivity contribution is 7.88. The van der Waals surface area contributed by atoms with Crippen molar-refractivity contribution in [1.82, 2.24) is 19.2 Å². The summed E-state index contributed by atoms with van der Waals surface area (Å²) >= 11 is 0. The fourth-order valence-corrected chi connectivity index (χ4v) is 5.15. The van der Waals surface area contributed by atoms with Gasteiger partial charge in [-0.05, 0) is 31.9 Å². The number of likely N-dealkylation sites (tertiary alicyclic amines) is 1. The lowest BCUT2D eigenvalue weighted by atomic mass is 9.76. The Balaban J connectivity index is 1.52. The molecule has 0 aliphatic carbocycles. The van der Waals surface area contributed by atoms with Crippen LogP contribution in [0, 0.1) is 12.8 Å². The normalized spacial score (nSPS) is 27.6. The first-order chi connectivity index (χ1) is 12.7. The average Bonchev–Trinajstić information content (AvgIpc) is 2.61. The van der Waals surface area contributed by atoms with Crippen LogP contribution in [0.25, 0.3) is 11.0 Å². The molecule has 2 aliphatic rings. The van der Waals surface area contributed by atoms with E-state index in [-0.39, 0.29) is 5.92 Å². The average molecular weight is 391 g/mol. The minimum atomic E-state index is -3.23. The lowest BCUT2D eigenvalue weighted by Crippen LogP contribution is -2.60. The predicted octanol–water partition coefficient (Wildman–Crippen LogP) is 1.16. The molecule has 3 heterocycles. The van der Waals surface area contributed by atoms with Crippen molar-refractivity contribution in [2.24, 2.45) is 5.92 Å². The minimum Gasteiger partial charge on any atom is -0.389 e. The summed E-state index contributed by atoms with van der Waals surface area (Å²) in [4.78, 5) is 11.7. The molecule has 1 N–H and O–H groups in total. The van der Waals surface area contributed by atoms with Gasteiger partial charge in [0.2, 0.25) is 10.0 Å². The zero-order valence-corrected chi connectivity index (χ0v) is 16.6. The van der Waals surface area contributed by atoms with Gasteiger partial charge in [0.05, 0.1) is 34.3 Å². The van der Waals surface area contributed by atoms with Crippen LogP contribution in [-0.4, -0.2) is 70.7 Å². The third-order valence-electron chi connectivity index (χ3n) is 6.00. The van der Waals surface area contributed by atoms with E-state index in [1.54, 1.807) is 0 Å². The molecule has 8 heteroatoms. The summed E-state index contributed by atoms with van der Waals surface area (Å²) in [7, 11) is -3.23. The summed E-state index contributed by atoms with van der Waals surface area (Å²) in [6.45, 7) is 4.86. The molecule has 7 nitrogen and oxygen atoms in total. The van der Waals surface area contributed by atoms with Crippen LogP contribution in [0.3, 0.4) is 0 Å². The van der Waals surface area contributed by atoms with Crippen LogP contribution in [0.15, 0.2) is 24.3 Å². The molecule has 1 aromatic heterocycles. The van der Waals surface area contributed by atoms with E-state index in [0.29, 0.717) is 39.0 Å². The number of hydrogen-bond acceptors (Lipinski definition) is 6. The van der Waals surface area contributed by atoms with Gasteiger partial charge in [0, 0.05) is 38.6 Å². The Hall–Kier alpha value is -1.61. The van der Waals surface area contributed by atoms with E-state index in [1.165, 1.54) is 10.6 Å². The molecule has 0 saturated carbocycles. The third kappa shape index (κ3) is 3.71. The lowest BCUT2D eigenvalue weighted by molar-refractivity contribution is -0.103. The second kappa shape index (κ2) is 6.77. The van der Waals surface area contributed by atoms with Gasteiger partial charge in [-0.3, -0.25) is 4.90 Å². The van der Waals surface area contributed by atoms with Crippen molar-refractivity contribution in [3.8, 4) is 0 Å². The fraction of sp³-hybridized carbons (Fsp3) is 0.579. The smallest absolute Gasteiger partial charge is 0.211 e. The fourth-order valence-electron chi connectivity index (χ4n) is 4.27. The standard InChI is InChI=1S/C19H26N4O3S/c1-14-18(21-17-6-4-3-5-16(17)20-14)13-22-9-7-19(24)8-10-23(27(2,25)26)12-15(19)11-22/h3-6,15,24H,7-13H2,1-2H3/t15-,19-/m1/s1. The van der Waals surface area contributed by atoms with E-state index in [4.69, 9.17) is 4.98 Å². The van der Waals surface area contributed by atoms with Crippen LogP contribution >= 0.6 is 0 Å². The summed E-state index contributed by atoms with van der Waals surface area (Å²) < 4.78 is 25.3. The highest BCUT2D eigenvalue weighted by Gasteiger charge is 2.46. The number of nitrogens with zero attached hydrogens (tertiary/aromatic N) is 4. The Morgan fingerprint density at radius 1 is 1.15 bits per heavy atom. The summed E-state index contributed by atoms with van der Waals surface area (Å²) in [5.41, 5.74) is 2.86. The van der Waals surface area contributed by atoms with Crippen molar-refractivity contribution >= 4 is 21.1 Å². The van der Waals surface area contributed by atoms with Gasteiger partial charge in [-0.15, -0.1) is 0 Å². The summed E-state index contributed by atoms with van der Waals surface area (Å²) in [6, 6.07) is 7.84. The van der Waals surface area contributed by atoms with Crippen LogP contribution in [0.1, 0.15) is 24.2 Å². The molecule has 0 amide bonds. The largest absolute Gasteiger partial charge is 0.389 e. The van der Waals surface area contributed by atoms with Crippen molar-refractivity contribution in [3.05, 3.63) is 35.7 Å². The molecule has 0 bridgehead atoms. The molecule has 2 aliphatic heterocycles. The Morgan fingerprint density at radius 3 is 2.52 bits per heavy atom. The Labute approximate surface area is 160 Å². The molecule has 0 spiro atoms. The zero-order chi connectivity index (χ0) is 19.2. The minimum absolute atomic E-state index is 0.0801. The molecule has 2 fully saturated rings. The monoisotopic (exact) mass is 390 g/mol. The predicted molar refractivity (Wildman–Crippen MR) is 104 cm³/mol. The molecule has 4 rings (SSSR count).